The average molecular weight is 403 g/mol. The molecule has 0 amide bonds. The molecule has 1 aliphatic carbocycles. The Kier molecular flexibility index (Phi) is 5.47. The van der Waals surface area contributed by atoms with Crippen molar-refractivity contribution in [3.63, 3.8) is 0 Å². The first-order chi connectivity index (χ1) is 13.8. The largest absolute Gasteiger partial charge is 0.354 e. The summed E-state index contributed by atoms with van der Waals surface area (Å²) in [5.41, 5.74) is 5.57. The molecule has 0 radical (unpaired) electrons. The minimum Gasteiger partial charge on any atom is -0.354 e. The van der Waals surface area contributed by atoms with Crippen LogP contribution in [0.15, 0.2) is 89.9 Å². The fraction of sp³-hybridized carbons (Fsp3) is 0.269. The summed E-state index contributed by atoms with van der Waals surface area (Å²) in [5, 5.41) is 0. The molecule has 1 saturated carbocycles. The first-order valence-electron chi connectivity index (χ1n) is 10.2. The smallest absolute Gasteiger partial charge is 0.104 e. The summed E-state index contributed by atoms with van der Waals surface area (Å²) in [6.07, 6.45) is 1.14. The summed E-state index contributed by atoms with van der Waals surface area (Å²) >= 11 is 0. The number of rotatable bonds is 5. The predicted molar refractivity (Wildman–Crippen MR) is 123 cm³/mol. The summed E-state index contributed by atoms with van der Waals surface area (Å²) in [6.45, 7) is 5.04. The second kappa shape index (κ2) is 8.04. The average Bonchev–Trinajstić information content (AvgIpc) is 3.35. The molecule has 1 atom stereocenters. The van der Waals surface area contributed by atoms with Crippen molar-refractivity contribution < 1.29 is 0 Å². The third-order valence-corrected chi connectivity index (χ3v) is 6.31. The number of benzene rings is 3. The highest BCUT2D eigenvalue weighted by atomic mass is 35.5. The molecule has 1 unspecified atom stereocenters. The van der Waals surface area contributed by atoms with Crippen LogP contribution < -0.4 is 0 Å². The van der Waals surface area contributed by atoms with Gasteiger partial charge in [-0.25, -0.2) is 0 Å². The molecule has 2 aliphatic rings. The minimum atomic E-state index is 0. The number of aliphatic imine (C=N–C) groups is 1. The Balaban J connectivity index is 0.00000205. The van der Waals surface area contributed by atoms with E-state index in [4.69, 9.17) is 4.99 Å². The normalized spacial score (nSPS) is 19.4. The van der Waals surface area contributed by atoms with Gasteiger partial charge in [0.25, 0.3) is 0 Å². The van der Waals surface area contributed by atoms with Crippen molar-refractivity contribution in [1.82, 2.24) is 4.90 Å². The van der Waals surface area contributed by atoms with Gasteiger partial charge in [0.2, 0.25) is 0 Å². The van der Waals surface area contributed by atoms with E-state index in [9.17, 15) is 0 Å². The first-order valence-corrected chi connectivity index (χ1v) is 10.2. The molecule has 1 aliphatic heterocycles. The highest BCUT2D eigenvalue weighted by molar-refractivity contribution is 5.92. The van der Waals surface area contributed by atoms with E-state index >= 15 is 0 Å². The predicted octanol–water partition coefficient (Wildman–Crippen LogP) is 5.64. The number of hydrogen-bond acceptors (Lipinski definition) is 2. The van der Waals surface area contributed by atoms with E-state index in [1.165, 1.54) is 28.1 Å². The van der Waals surface area contributed by atoms with E-state index in [-0.39, 0.29) is 17.8 Å². The van der Waals surface area contributed by atoms with Crippen LogP contribution in [0.1, 0.15) is 28.7 Å². The lowest BCUT2D eigenvalue weighted by Gasteiger charge is -2.24. The van der Waals surface area contributed by atoms with Crippen LogP contribution in [0.2, 0.25) is 0 Å². The fourth-order valence-corrected chi connectivity index (χ4v) is 4.75. The number of amidine groups is 1. The Hall–Kier alpha value is -2.58. The Bertz CT molecular complexity index is 941. The van der Waals surface area contributed by atoms with Gasteiger partial charge in [-0.1, -0.05) is 90.5 Å². The molecule has 0 bridgehead atoms. The van der Waals surface area contributed by atoms with E-state index in [2.05, 4.69) is 96.8 Å². The second-order valence-electron chi connectivity index (χ2n) is 8.11. The molecule has 1 heterocycles. The van der Waals surface area contributed by atoms with Gasteiger partial charge in [0, 0.05) is 24.4 Å². The number of nitrogens with zero attached hydrogens (tertiary/aromatic N) is 2. The van der Waals surface area contributed by atoms with Gasteiger partial charge in [-0.3, -0.25) is 4.99 Å². The van der Waals surface area contributed by atoms with Crippen LogP contribution in [0, 0.1) is 12.8 Å². The van der Waals surface area contributed by atoms with Gasteiger partial charge in [-0.2, -0.15) is 0 Å². The maximum atomic E-state index is 4.98. The van der Waals surface area contributed by atoms with Crippen molar-refractivity contribution in [3.05, 3.63) is 107 Å². The highest BCUT2D eigenvalue weighted by Crippen LogP contribution is 2.60. The zero-order chi connectivity index (χ0) is 19.0. The van der Waals surface area contributed by atoms with Gasteiger partial charge in [-0.15, -0.1) is 12.4 Å². The maximum absolute atomic E-state index is 4.98. The molecule has 5 rings (SSSR count). The maximum Gasteiger partial charge on any atom is 0.104 e. The van der Waals surface area contributed by atoms with Crippen molar-refractivity contribution >= 4 is 18.2 Å². The lowest BCUT2D eigenvalue weighted by atomic mass is 9.85. The molecule has 2 nitrogen and oxygen atoms in total. The van der Waals surface area contributed by atoms with Gasteiger partial charge in [0.15, 0.2) is 0 Å². The summed E-state index contributed by atoms with van der Waals surface area (Å²) in [5.74, 6) is 1.76. The molecule has 0 spiro atoms. The molecule has 0 N–H and O–H groups in total. The van der Waals surface area contributed by atoms with Crippen molar-refractivity contribution in [3.8, 4) is 0 Å². The number of halogens is 1. The molecule has 148 valence electrons. The summed E-state index contributed by atoms with van der Waals surface area (Å²) in [6, 6.07) is 30.9. The Morgan fingerprint density at radius 1 is 0.862 bits per heavy atom. The zero-order valence-electron chi connectivity index (χ0n) is 16.8. The highest BCUT2D eigenvalue weighted by Gasteiger charge is 2.60. The third kappa shape index (κ3) is 3.58. The van der Waals surface area contributed by atoms with Gasteiger partial charge in [-0.05, 0) is 30.0 Å². The standard InChI is InChI=1S/C26H26N2.ClH/c1-20-12-14-21(15-13-20)19-28-17-16-27-25(28)24-18-26(24,22-8-4-2-5-9-22)23-10-6-3-7-11-23;/h2-15,24H,16-19H2,1H3;1H. The molecule has 29 heavy (non-hydrogen) atoms. The van der Waals surface area contributed by atoms with Gasteiger partial charge >= 0.3 is 0 Å². The molecular weight excluding hydrogens is 376 g/mol. The number of hydrogen-bond donors (Lipinski definition) is 0. The van der Waals surface area contributed by atoms with Crippen molar-refractivity contribution in [2.24, 2.45) is 10.9 Å². The fourth-order valence-electron chi connectivity index (χ4n) is 4.75. The quantitative estimate of drug-likeness (QED) is 0.539. The van der Waals surface area contributed by atoms with E-state index in [1.54, 1.807) is 0 Å². The van der Waals surface area contributed by atoms with Crippen LogP contribution in [-0.4, -0.2) is 23.8 Å². The lowest BCUT2D eigenvalue weighted by Crippen LogP contribution is -2.31. The van der Waals surface area contributed by atoms with Gasteiger partial charge in [0.1, 0.15) is 5.84 Å². The van der Waals surface area contributed by atoms with Crippen LogP contribution >= 0.6 is 12.4 Å². The van der Waals surface area contributed by atoms with Crippen LogP contribution in [0.5, 0.6) is 0 Å². The van der Waals surface area contributed by atoms with Crippen LogP contribution in [0.25, 0.3) is 0 Å². The first kappa shape index (κ1) is 19.7. The van der Waals surface area contributed by atoms with Gasteiger partial charge < -0.3 is 4.90 Å². The molecule has 0 aromatic heterocycles. The van der Waals surface area contributed by atoms with Crippen molar-refractivity contribution in [1.29, 1.82) is 0 Å². The molecule has 1 fully saturated rings. The van der Waals surface area contributed by atoms with Crippen molar-refractivity contribution in [2.45, 2.75) is 25.3 Å². The van der Waals surface area contributed by atoms with Crippen LogP contribution in [0.4, 0.5) is 0 Å². The monoisotopic (exact) mass is 402 g/mol. The minimum absolute atomic E-state index is 0. The van der Waals surface area contributed by atoms with E-state index < -0.39 is 0 Å². The third-order valence-electron chi connectivity index (χ3n) is 6.31. The summed E-state index contributed by atoms with van der Waals surface area (Å²) in [4.78, 5) is 7.48. The summed E-state index contributed by atoms with van der Waals surface area (Å²) < 4.78 is 0. The lowest BCUT2D eigenvalue weighted by molar-refractivity contribution is 0.438. The Labute approximate surface area is 179 Å². The van der Waals surface area contributed by atoms with E-state index in [0.717, 1.165) is 26.1 Å². The Morgan fingerprint density at radius 3 is 2.03 bits per heavy atom. The second-order valence-corrected chi connectivity index (χ2v) is 8.11. The molecule has 3 aromatic carbocycles. The molecule has 3 aromatic rings. The van der Waals surface area contributed by atoms with Crippen LogP contribution in [0.3, 0.4) is 0 Å². The van der Waals surface area contributed by atoms with Crippen LogP contribution in [-0.2, 0) is 12.0 Å². The molecular formula is C26H27ClN2. The van der Waals surface area contributed by atoms with E-state index in [1.807, 2.05) is 0 Å². The topological polar surface area (TPSA) is 15.6 Å². The number of aryl methyl sites for hydroxylation is 1. The van der Waals surface area contributed by atoms with Crippen molar-refractivity contribution in [2.75, 3.05) is 13.1 Å². The molecule has 3 heteroatoms. The Morgan fingerprint density at radius 2 is 1.45 bits per heavy atom. The molecule has 0 saturated heterocycles. The summed E-state index contributed by atoms with van der Waals surface area (Å²) in [7, 11) is 0. The SMILES string of the molecule is Cc1ccc(CN2CCN=C2C2CC2(c2ccccc2)c2ccccc2)cc1.Cl. The van der Waals surface area contributed by atoms with E-state index in [0.29, 0.717) is 5.92 Å². The zero-order valence-corrected chi connectivity index (χ0v) is 17.6. The van der Waals surface area contributed by atoms with Gasteiger partial charge in [0.05, 0.1) is 6.54 Å².